The number of ether oxygens (including phenoxy) is 1. The zero-order chi connectivity index (χ0) is 11.0. The van der Waals surface area contributed by atoms with Crippen LogP contribution in [0.3, 0.4) is 0 Å². The lowest BCUT2D eigenvalue weighted by molar-refractivity contribution is -0.204. The van der Waals surface area contributed by atoms with Crippen LogP contribution in [-0.4, -0.2) is 25.4 Å². The molecule has 1 aromatic carbocycles. The number of hydrogen-bond donors (Lipinski definition) is 0. The van der Waals surface area contributed by atoms with E-state index in [9.17, 15) is 4.79 Å². The number of carbonyl (C=O) groups is 1. The van der Waals surface area contributed by atoms with E-state index < -0.39 is 0 Å². The van der Waals surface area contributed by atoms with E-state index in [1.165, 1.54) is 12.3 Å². The van der Waals surface area contributed by atoms with Crippen molar-refractivity contribution in [2.24, 2.45) is 0 Å². The Hall–Kier alpha value is -1.75. The molecule has 0 aromatic heterocycles. The molecule has 1 aliphatic rings. The topological polar surface area (TPSA) is 48.0 Å². The van der Waals surface area contributed by atoms with Gasteiger partial charge in [-0.05, 0) is 19.1 Å². The highest BCUT2D eigenvalue weighted by molar-refractivity contribution is 5.92. The van der Waals surface area contributed by atoms with Gasteiger partial charge in [0.1, 0.15) is 0 Å². The van der Waals surface area contributed by atoms with Crippen LogP contribution in [-0.2, 0) is 4.74 Å². The second kappa shape index (κ2) is 3.43. The number of methoxy groups -OCH3 is 1. The minimum atomic E-state index is -0.381. The summed E-state index contributed by atoms with van der Waals surface area (Å²) in [6.45, 7) is 1.79. The third-order valence-corrected chi connectivity index (χ3v) is 2.22. The fourth-order valence-electron chi connectivity index (χ4n) is 1.47. The van der Waals surface area contributed by atoms with E-state index in [1.54, 1.807) is 26.1 Å². The molecule has 0 spiro atoms. The average Bonchev–Trinajstić information content (AvgIpc) is 2.59. The Balaban J connectivity index is 2.47. The van der Waals surface area contributed by atoms with Gasteiger partial charge in [-0.2, -0.15) is 0 Å². The summed E-state index contributed by atoms with van der Waals surface area (Å²) in [5.74, 6) is 0.775. The molecule has 5 heteroatoms. The monoisotopic (exact) mass is 209 g/mol. The summed E-state index contributed by atoms with van der Waals surface area (Å²) in [4.78, 5) is 21.9. The molecule has 0 N–H and O–H groups in total. The van der Waals surface area contributed by atoms with Crippen molar-refractivity contribution in [1.29, 1.82) is 0 Å². The molecule has 0 bridgehead atoms. The van der Waals surface area contributed by atoms with Gasteiger partial charge in [-0.15, -0.1) is 0 Å². The van der Waals surface area contributed by atoms with Gasteiger partial charge in [0.05, 0.1) is 19.7 Å². The molecule has 5 nitrogen and oxygen atoms in total. The maximum absolute atomic E-state index is 11.4. The Bertz CT molecular complexity index is 416. The molecule has 0 unspecified atom stereocenters. The Kier molecular flexibility index (Phi) is 2.24. The minimum Gasteiger partial charge on any atom is -0.465 e. The van der Waals surface area contributed by atoms with Gasteiger partial charge in [-0.25, -0.2) is 4.79 Å². The maximum Gasteiger partial charge on any atom is 0.338 e. The van der Waals surface area contributed by atoms with Crippen LogP contribution in [0.25, 0.3) is 0 Å². The average molecular weight is 209 g/mol. The highest BCUT2D eigenvalue weighted by Gasteiger charge is 2.25. The lowest BCUT2D eigenvalue weighted by Crippen LogP contribution is -2.19. The van der Waals surface area contributed by atoms with Crippen LogP contribution in [0.15, 0.2) is 12.1 Å². The van der Waals surface area contributed by atoms with Gasteiger partial charge in [-0.3, -0.25) is 0 Å². The highest BCUT2D eigenvalue weighted by Crippen LogP contribution is 2.38. The second-order valence-electron chi connectivity index (χ2n) is 3.18. The summed E-state index contributed by atoms with van der Waals surface area (Å²) in [6, 6.07) is 3.33. The number of hydrogen-bond acceptors (Lipinski definition) is 5. The largest absolute Gasteiger partial charge is 0.465 e. The molecule has 2 rings (SSSR count). The molecule has 0 saturated heterocycles. The maximum atomic E-state index is 11.4. The standard InChI is InChI=1S/C10H11NO4/c1-6-7(10(12)13-3)4-5-8-9(6)15-11(2)14-8/h4-5H,1-3H3. The van der Waals surface area contributed by atoms with Gasteiger partial charge in [0.25, 0.3) is 0 Å². The summed E-state index contributed by atoms with van der Waals surface area (Å²) in [6.07, 6.45) is 0. The normalized spacial score (nSPS) is 14.1. The molecule has 1 heterocycles. The quantitative estimate of drug-likeness (QED) is 0.653. The van der Waals surface area contributed by atoms with Gasteiger partial charge in [-0.1, -0.05) is 0 Å². The fraction of sp³-hybridized carbons (Fsp3) is 0.300. The van der Waals surface area contributed by atoms with Gasteiger partial charge in [0, 0.05) is 10.8 Å². The molecule has 15 heavy (non-hydrogen) atoms. The lowest BCUT2D eigenvalue weighted by atomic mass is 10.1. The minimum absolute atomic E-state index is 0.381. The van der Waals surface area contributed by atoms with Gasteiger partial charge in [0.2, 0.25) is 0 Å². The molecular weight excluding hydrogens is 198 g/mol. The first-order valence-corrected chi connectivity index (χ1v) is 4.45. The number of benzene rings is 1. The SMILES string of the molecule is COC(=O)c1ccc2c(c1C)ON(C)O2. The molecule has 80 valence electrons. The lowest BCUT2D eigenvalue weighted by Gasteiger charge is -2.05. The predicted octanol–water partition coefficient (Wildman–Crippen LogP) is 1.31. The molecule has 1 aliphatic heterocycles. The van der Waals surface area contributed by atoms with Gasteiger partial charge in [0.15, 0.2) is 11.5 Å². The Morgan fingerprint density at radius 2 is 2.13 bits per heavy atom. The summed E-state index contributed by atoms with van der Waals surface area (Å²) >= 11 is 0. The number of fused-ring (bicyclic) bond motifs is 1. The third-order valence-electron chi connectivity index (χ3n) is 2.22. The van der Waals surface area contributed by atoms with Crippen molar-refractivity contribution in [2.45, 2.75) is 6.92 Å². The van der Waals surface area contributed by atoms with Crippen LogP contribution >= 0.6 is 0 Å². The number of nitrogens with zero attached hydrogens (tertiary/aromatic N) is 1. The molecule has 0 fully saturated rings. The molecule has 0 atom stereocenters. The molecule has 0 saturated carbocycles. The van der Waals surface area contributed by atoms with E-state index in [1.807, 2.05) is 0 Å². The van der Waals surface area contributed by atoms with Gasteiger partial charge < -0.3 is 14.4 Å². The van der Waals surface area contributed by atoms with E-state index in [4.69, 9.17) is 9.68 Å². The van der Waals surface area contributed by atoms with E-state index >= 15 is 0 Å². The second-order valence-corrected chi connectivity index (χ2v) is 3.18. The highest BCUT2D eigenvalue weighted by atomic mass is 17.0. The zero-order valence-electron chi connectivity index (χ0n) is 8.73. The van der Waals surface area contributed by atoms with Crippen LogP contribution in [0.1, 0.15) is 15.9 Å². The molecule has 0 amide bonds. The van der Waals surface area contributed by atoms with Crippen molar-refractivity contribution in [3.63, 3.8) is 0 Å². The van der Waals surface area contributed by atoms with Crippen molar-refractivity contribution in [3.8, 4) is 11.5 Å². The Morgan fingerprint density at radius 1 is 1.40 bits per heavy atom. The number of rotatable bonds is 1. The molecule has 0 radical (unpaired) electrons. The number of carbonyl (C=O) groups excluding carboxylic acids is 1. The first-order valence-electron chi connectivity index (χ1n) is 4.45. The van der Waals surface area contributed by atoms with Crippen molar-refractivity contribution >= 4 is 5.97 Å². The molecule has 0 aliphatic carbocycles. The van der Waals surface area contributed by atoms with E-state index in [2.05, 4.69) is 4.74 Å². The fourth-order valence-corrected chi connectivity index (χ4v) is 1.47. The molecule has 1 aromatic rings. The number of hydroxylamine groups is 2. The summed E-state index contributed by atoms with van der Waals surface area (Å²) in [5, 5.41) is 1.23. The smallest absolute Gasteiger partial charge is 0.338 e. The van der Waals surface area contributed by atoms with Crippen molar-refractivity contribution in [2.75, 3.05) is 14.2 Å². The van der Waals surface area contributed by atoms with Crippen molar-refractivity contribution in [3.05, 3.63) is 23.3 Å². The predicted molar refractivity (Wildman–Crippen MR) is 51.5 cm³/mol. The van der Waals surface area contributed by atoms with E-state index in [-0.39, 0.29) is 5.97 Å². The first kappa shape index (κ1) is 9.79. The summed E-state index contributed by atoms with van der Waals surface area (Å²) in [5.41, 5.74) is 1.19. The van der Waals surface area contributed by atoms with Crippen LogP contribution in [0.2, 0.25) is 0 Å². The van der Waals surface area contributed by atoms with Crippen molar-refractivity contribution < 1.29 is 19.2 Å². The van der Waals surface area contributed by atoms with Crippen LogP contribution in [0.5, 0.6) is 11.5 Å². The van der Waals surface area contributed by atoms with Gasteiger partial charge >= 0.3 is 5.97 Å². The van der Waals surface area contributed by atoms with Crippen molar-refractivity contribution in [1.82, 2.24) is 5.23 Å². The Morgan fingerprint density at radius 3 is 2.80 bits per heavy atom. The summed E-state index contributed by atoms with van der Waals surface area (Å²) < 4.78 is 4.65. The van der Waals surface area contributed by atoms with E-state index in [0.717, 1.165) is 0 Å². The third kappa shape index (κ3) is 1.50. The first-order chi connectivity index (χ1) is 7.13. The zero-order valence-corrected chi connectivity index (χ0v) is 8.73. The Labute approximate surface area is 87.1 Å². The number of esters is 1. The van der Waals surface area contributed by atoms with E-state index in [0.29, 0.717) is 22.6 Å². The summed E-state index contributed by atoms with van der Waals surface area (Å²) in [7, 11) is 2.98. The van der Waals surface area contributed by atoms with Crippen LogP contribution in [0.4, 0.5) is 0 Å². The molecular formula is C10H11NO4. The van der Waals surface area contributed by atoms with Crippen LogP contribution < -0.4 is 9.68 Å². The van der Waals surface area contributed by atoms with Crippen LogP contribution in [0, 0.1) is 6.92 Å².